The Balaban J connectivity index is 2.31. The fourth-order valence-electron chi connectivity index (χ4n) is 2.26. The van der Waals surface area contributed by atoms with Gasteiger partial charge in [-0.3, -0.25) is 18.5 Å². The van der Waals surface area contributed by atoms with Crippen molar-refractivity contribution in [2.75, 3.05) is 0 Å². The Labute approximate surface area is 126 Å². The van der Waals surface area contributed by atoms with Crippen LogP contribution in [0.25, 0.3) is 11.2 Å². The molecule has 0 saturated carbocycles. The minimum atomic E-state index is -0.427. The third-order valence-corrected chi connectivity index (χ3v) is 3.90. The predicted molar refractivity (Wildman–Crippen MR) is 78.3 cm³/mol. The summed E-state index contributed by atoms with van der Waals surface area (Å²) in [6, 6.07) is 1.79. The number of hydrogen-bond acceptors (Lipinski definition) is 5. The van der Waals surface area contributed by atoms with Gasteiger partial charge in [-0.2, -0.15) is 0 Å². The van der Waals surface area contributed by atoms with Crippen LogP contribution in [-0.4, -0.2) is 23.8 Å². The van der Waals surface area contributed by atoms with Gasteiger partial charge >= 0.3 is 5.69 Å². The summed E-state index contributed by atoms with van der Waals surface area (Å²) in [4.78, 5) is 28.4. The maximum absolute atomic E-state index is 12.1. The zero-order valence-corrected chi connectivity index (χ0v) is 13.2. The average molecular weight is 354 g/mol. The molecule has 0 amide bonds. The zero-order chi connectivity index (χ0) is 15.3. The highest BCUT2D eigenvalue weighted by atomic mass is 79.9. The van der Waals surface area contributed by atoms with Crippen molar-refractivity contribution in [2.24, 2.45) is 14.1 Å². The molecule has 3 aromatic heterocycles. The first-order chi connectivity index (χ1) is 9.90. The molecule has 0 bridgehead atoms. The van der Waals surface area contributed by atoms with E-state index in [1.165, 1.54) is 11.6 Å². The van der Waals surface area contributed by atoms with E-state index in [-0.39, 0.29) is 5.52 Å². The zero-order valence-electron chi connectivity index (χ0n) is 11.6. The Hall–Kier alpha value is -2.16. The number of halogens is 1. The van der Waals surface area contributed by atoms with Crippen molar-refractivity contribution in [1.82, 2.24) is 23.8 Å². The van der Waals surface area contributed by atoms with Gasteiger partial charge < -0.3 is 4.52 Å². The molecular weight excluding hydrogens is 342 g/mol. The summed E-state index contributed by atoms with van der Waals surface area (Å²) in [5.74, 6) is 0.690. The maximum atomic E-state index is 12.1. The Morgan fingerprint density at radius 1 is 1.29 bits per heavy atom. The van der Waals surface area contributed by atoms with Crippen LogP contribution in [0.5, 0.6) is 0 Å². The van der Waals surface area contributed by atoms with Crippen molar-refractivity contribution in [3.8, 4) is 0 Å². The second-order valence-corrected chi connectivity index (χ2v) is 5.48. The minimum absolute atomic E-state index is 0.228. The first-order valence-corrected chi connectivity index (χ1v) is 6.93. The molecule has 0 aromatic carbocycles. The lowest BCUT2D eigenvalue weighted by atomic mass is 10.4. The van der Waals surface area contributed by atoms with Gasteiger partial charge in [-0.25, -0.2) is 9.78 Å². The van der Waals surface area contributed by atoms with Gasteiger partial charge in [-0.15, -0.1) is 0 Å². The number of aryl methyl sites for hydroxylation is 2. The Morgan fingerprint density at radius 3 is 2.62 bits per heavy atom. The van der Waals surface area contributed by atoms with Crippen LogP contribution in [0.4, 0.5) is 0 Å². The van der Waals surface area contributed by atoms with Crippen molar-refractivity contribution in [3.63, 3.8) is 0 Å². The predicted octanol–water partition coefficient (Wildman–Crippen LogP) is 0.541. The fraction of sp³-hybridized carbons (Fsp3) is 0.333. The van der Waals surface area contributed by atoms with E-state index in [1.807, 2.05) is 0 Å². The molecule has 9 heteroatoms. The highest BCUT2D eigenvalue weighted by Gasteiger charge is 2.18. The Kier molecular flexibility index (Phi) is 3.08. The van der Waals surface area contributed by atoms with Crippen molar-refractivity contribution in [2.45, 2.75) is 13.5 Å². The van der Waals surface area contributed by atoms with Crippen LogP contribution in [0.1, 0.15) is 11.5 Å². The smallest absolute Gasteiger partial charge is 0.332 e. The molecule has 0 aliphatic rings. The average Bonchev–Trinajstić information content (AvgIpc) is 2.99. The first kappa shape index (κ1) is 13.8. The Morgan fingerprint density at radius 2 is 2.00 bits per heavy atom. The van der Waals surface area contributed by atoms with Gasteiger partial charge in [0.25, 0.3) is 5.56 Å². The first-order valence-electron chi connectivity index (χ1n) is 6.14. The fourth-order valence-corrected chi connectivity index (χ4v) is 2.73. The number of aromatic nitrogens is 5. The van der Waals surface area contributed by atoms with Crippen LogP contribution in [0.2, 0.25) is 0 Å². The quantitative estimate of drug-likeness (QED) is 0.627. The molecule has 0 aliphatic carbocycles. The molecule has 0 aliphatic heterocycles. The maximum Gasteiger partial charge on any atom is 0.332 e. The van der Waals surface area contributed by atoms with Gasteiger partial charge in [-0.05, 0) is 22.9 Å². The minimum Gasteiger partial charge on any atom is -0.361 e. The van der Waals surface area contributed by atoms with E-state index in [0.717, 1.165) is 4.57 Å². The topological polar surface area (TPSA) is 87.9 Å². The number of rotatable bonds is 2. The van der Waals surface area contributed by atoms with E-state index in [1.54, 1.807) is 24.6 Å². The molecule has 21 heavy (non-hydrogen) atoms. The van der Waals surface area contributed by atoms with Crippen molar-refractivity contribution in [3.05, 3.63) is 43.1 Å². The number of hydrogen-bond donors (Lipinski definition) is 0. The van der Waals surface area contributed by atoms with E-state index in [2.05, 4.69) is 26.1 Å². The lowest BCUT2D eigenvalue weighted by Crippen LogP contribution is -2.37. The molecular formula is C12H12BrN5O3. The summed E-state index contributed by atoms with van der Waals surface area (Å²) in [5.41, 5.74) is 0.518. The molecule has 0 N–H and O–H groups in total. The van der Waals surface area contributed by atoms with E-state index in [9.17, 15) is 9.59 Å². The molecule has 8 nitrogen and oxygen atoms in total. The van der Waals surface area contributed by atoms with Crippen LogP contribution in [0.3, 0.4) is 0 Å². The number of fused-ring (bicyclic) bond motifs is 1. The summed E-state index contributed by atoms with van der Waals surface area (Å²) in [5, 5.41) is 3.92. The van der Waals surface area contributed by atoms with E-state index in [4.69, 9.17) is 4.52 Å². The van der Waals surface area contributed by atoms with Crippen LogP contribution >= 0.6 is 15.9 Å². The SMILES string of the molecule is Cc1cc(Cn2c(Br)nc3c(=O)n(C)c(=O)n(C)c32)no1. The van der Waals surface area contributed by atoms with Gasteiger partial charge in [0, 0.05) is 20.2 Å². The van der Waals surface area contributed by atoms with Gasteiger partial charge in [0.15, 0.2) is 15.9 Å². The highest BCUT2D eigenvalue weighted by Crippen LogP contribution is 2.18. The van der Waals surface area contributed by atoms with Gasteiger partial charge in [0.05, 0.1) is 6.54 Å². The molecule has 0 atom stereocenters. The second-order valence-electron chi connectivity index (χ2n) is 4.77. The monoisotopic (exact) mass is 353 g/mol. The molecule has 0 fully saturated rings. The van der Waals surface area contributed by atoms with Crippen LogP contribution in [0.15, 0.2) is 24.9 Å². The summed E-state index contributed by atoms with van der Waals surface area (Å²) in [6.07, 6.45) is 0. The molecule has 0 saturated heterocycles. The second kappa shape index (κ2) is 4.69. The number of imidazole rings is 1. The largest absolute Gasteiger partial charge is 0.361 e. The molecule has 3 aromatic rings. The Bertz CT molecular complexity index is 962. The standard InChI is InChI=1S/C12H12BrN5O3/c1-6-4-7(15-21-6)5-18-9-8(14-11(18)13)10(19)17(3)12(20)16(9)2/h4H,5H2,1-3H3. The summed E-state index contributed by atoms with van der Waals surface area (Å²) >= 11 is 3.32. The van der Waals surface area contributed by atoms with E-state index < -0.39 is 11.2 Å². The van der Waals surface area contributed by atoms with Gasteiger partial charge in [-0.1, -0.05) is 5.16 Å². The molecule has 3 rings (SSSR count). The van der Waals surface area contributed by atoms with E-state index >= 15 is 0 Å². The molecule has 0 radical (unpaired) electrons. The van der Waals surface area contributed by atoms with Gasteiger partial charge in [0.1, 0.15) is 11.5 Å². The summed E-state index contributed by atoms with van der Waals surface area (Å²) in [7, 11) is 3.03. The molecule has 3 heterocycles. The van der Waals surface area contributed by atoms with Gasteiger partial charge in [0.2, 0.25) is 0 Å². The number of nitrogens with zero attached hydrogens (tertiary/aromatic N) is 5. The molecule has 0 unspecified atom stereocenters. The van der Waals surface area contributed by atoms with Crippen molar-refractivity contribution < 1.29 is 4.52 Å². The third-order valence-electron chi connectivity index (χ3n) is 3.29. The van der Waals surface area contributed by atoms with Crippen LogP contribution in [-0.2, 0) is 20.6 Å². The third kappa shape index (κ3) is 2.04. The lowest BCUT2D eigenvalue weighted by Gasteiger charge is -2.07. The summed E-state index contributed by atoms with van der Waals surface area (Å²) in [6.45, 7) is 2.14. The van der Waals surface area contributed by atoms with Crippen molar-refractivity contribution in [1.29, 1.82) is 0 Å². The van der Waals surface area contributed by atoms with Crippen LogP contribution < -0.4 is 11.2 Å². The summed E-state index contributed by atoms with van der Waals surface area (Å²) < 4.78 is 9.61. The molecule has 110 valence electrons. The lowest BCUT2D eigenvalue weighted by molar-refractivity contribution is 0.389. The highest BCUT2D eigenvalue weighted by molar-refractivity contribution is 9.10. The normalized spacial score (nSPS) is 11.4. The molecule has 0 spiro atoms. The van der Waals surface area contributed by atoms with Crippen molar-refractivity contribution >= 4 is 27.1 Å². The van der Waals surface area contributed by atoms with Crippen LogP contribution in [0, 0.1) is 6.92 Å². The van der Waals surface area contributed by atoms with E-state index in [0.29, 0.717) is 28.4 Å².